The molecule has 0 aliphatic heterocycles. The van der Waals surface area contributed by atoms with Crippen LogP contribution in [-0.2, 0) is 6.54 Å². The molecule has 23 heavy (non-hydrogen) atoms. The van der Waals surface area contributed by atoms with E-state index in [2.05, 4.69) is 45.1 Å². The molecule has 5 heteroatoms. The lowest BCUT2D eigenvalue weighted by Crippen LogP contribution is -2.02. The zero-order valence-electron chi connectivity index (χ0n) is 12.7. The van der Waals surface area contributed by atoms with Gasteiger partial charge in [-0.05, 0) is 42.5 Å². The van der Waals surface area contributed by atoms with Gasteiger partial charge in [-0.25, -0.2) is 4.98 Å². The minimum atomic E-state index is 0.622. The van der Waals surface area contributed by atoms with Crippen LogP contribution in [0.1, 0.15) is 12.8 Å². The molecule has 0 amide bonds. The predicted octanol–water partition coefficient (Wildman–Crippen LogP) is 3.34. The molecular formula is C18H17N5. The highest BCUT2D eigenvalue weighted by molar-refractivity contribution is 5.87. The van der Waals surface area contributed by atoms with Crippen molar-refractivity contribution in [1.29, 1.82) is 0 Å². The molecule has 1 aliphatic rings. The first-order chi connectivity index (χ1) is 11.3. The van der Waals surface area contributed by atoms with Gasteiger partial charge < -0.3 is 10.3 Å². The van der Waals surface area contributed by atoms with Crippen molar-refractivity contribution in [3.8, 4) is 11.1 Å². The van der Waals surface area contributed by atoms with Gasteiger partial charge in [-0.1, -0.05) is 6.07 Å². The second-order valence-electron chi connectivity index (χ2n) is 6.34. The first-order valence-electron chi connectivity index (χ1n) is 7.97. The lowest BCUT2D eigenvalue weighted by atomic mass is 10.1. The van der Waals surface area contributed by atoms with Crippen LogP contribution in [0.25, 0.3) is 27.7 Å². The molecule has 0 atom stereocenters. The standard InChI is InChI=1S/C18H17N5/c19-18-15(10-20-17-5-7-21-23(17)18)13-3-4-16-14(9-13)6-8-22(16)11-12-1-2-12/h3-10,12H,1-2,11,19H2. The zero-order chi connectivity index (χ0) is 15.4. The van der Waals surface area contributed by atoms with Crippen molar-refractivity contribution in [3.05, 3.63) is 48.9 Å². The van der Waals surface area contributed by atoms with Gasteiger partial charge in [-0.3, -0.25) is 0 Å². The summed E-state index contributed by atoms with van der Waals surface area (Å²) in [5.41, 5.74) is 10.3. The summed E-state index contributed by atoms with van der Waals surface area (Å²) < 4.78 is 4.03. The first-order valence-corrected chi connectivity index (χ1v) is 7.97. The average molecular weight is 303 g/mol. The van der Waals surface area contributed by atoms with Crippen molar-refractivity contribution in [3.63, 3.8) is 0 Å². The van der Waals surface area contributed by atoms with Gasteiger partial charge in [-0.15, -0.1) is 0 Å². The van der Waals surface area contributed by atoms with Gasteiger partial charge >= 0.3 is 0 Å². The molecule has 5 rings (SSSR count). The van der Waals surface area contributed by atoms with Crippen molar-refractivity contribution in [2.75, 3.05) is 5.73 Å². The van der Waals surface area contributed by atoms with Crippen LogP contribution in [0.15, 0.2) is 48.9 Å². The average Bonchev–Trinajstić information content (AvgIpc) is 3.09. The van der Waals surface area contributed by atoms with E-state index in [0.29, 0.717) is 5.82 Å². The highest BCUT2D eigenvalue weighted by atomic mass is 15.3. The maximum atomic E-state index is 6.27. The molecule has 0 bridgehead atoms. The molecule has 0 radical (unpaired) electrons. The largest absolute Gasteiger partial charge is 0.383 e. The number of nitrogen functional groups attached to an aromatic ring is 1. The molecule has 0 saturated heterocycles. The summed E-state index contributed by atoms with van der Waals surface area (Å²) in [5.74, 6) is 1.49. The van der Waals surface area contributed by atoms with E-state index in [1.807, 2.05) is 12.3 Å². The molecule has 1 aromatic carbocycles. The van der Waals surface area contributed by atoms with Gasteiger partial charge in [0.05, 0.1) is 6.20 Å². The quantitative estimate of drug-likeness (QED) is 0.631. The fraction of sp³-hybridized carbons (Fsp3) is 0.222. The van der Waals surface area contributed by atoms with Crippen LogP contribution >= 0.6 is 0 Å². The third kappa shape index (κ3) is 2.00. The molecule has 0 spiro atoms. The van der Waals surface area contributed by atoms with E-state index >= 15 is 0 Å². The zero-order valence-corrected chi connectivity index (χ0v) is 12.7. The Kier molecular flexibility index (Phi) is 2.53. The number of fused-ring (bicyclic) bond motifs is 2. The van der Waals surface area contributed by atoms with E-state index in [4.69, 9.17) is 5.73 Å². The Labute approximate surface area is 133 Å². The second kappa shape index (κ2) is 4.59. The van der Waals surface area contributed by atoms with Gasteiger partial charge in [0, 0.05) is 41.5 Å². The van der Waals surface area contributed by atoms with Gasteiger partial charge in [-0.2, -0.15) is 9.61 Å². The number of benzene rings is 1. The molecule has 114 valence electrons. The summed E-state index contributed by atoms with van der Waals surface area (Å²) in [6.45, 7) is 1.13. The summed E-state index contributed by atoms with van der Waals surface area (Å²) in [5, 5.41) is 5.47. The summed E-state index contributed by atoms with van der Waals surface area (Å²) in [7, 11) is 0. The Morgan fingerprint density at radius 3 is 2.96 bits per heavy atom. The van der Waals surface area contributed by atoms with E-state index in [-0.39, 0.29) is 0 Å². The summed E-state index contributed by atoms with van der Waals surface area (Å²) >= 11 is 0. The Morgan fingerprint density at radius 2 is 2.09 bits per heavy atom. The Bertz CT molecular complexity index is 1020. The highest BCUT2D eigenvalue weighted by Gasteiger charge is 2.22. The molecule has 1 fully saturated rings. The second-order valence-corrected chi connectivity index (χ2v) is 6.34. The smallest absolute Gasteiger partial charge is 0.157 e. The predicted molar refractivity (Wildman–Crippen MR) is 91.1 cm³/mol. The SMILES string of the molecule is Nc1c(-c2ccc3c(ccn3CC3CC3)c2)cnc2ccnn12. The number of hydrogen-bond donors (Lipinski definition) is 1. The Balaban J connectivity index is 1.62. The van der Waals surface area contributed by atoms with Crippen molar-refractivity contribution in [1.82, 2.24) is 19.2 Å². The van der Waals surface area contributed by atoms with Crippen molar-refractivity contribution in [2.24, 2.45) is 5.92 Å². The number of aromatic nitrogens is 4. The fourth-order valence-electron chi connectivity index (χ4n) is 3.22. The molecular weight excluding hydrogens is 286 g/mol. The maximum Gasteiger partial charge on any atom is 0.157 e. The molecule has 1 saturated carbocycles. The molecule has 3 heterocycles. The van der Waals surface area contributed by atoms with Crippen LogP contribution in [0, 0.1) is 5.92 Å². The summed E-state index contributed by atoms with van der Waals surface area (Å²) in [6.07, 6.45) is 8.46. The van der Waals surface area contributed by atoms with Crippen molar-refractivity contribution in [2.45, 2.75) is 19.4 Å². The third-order valence-electron chi connectivity index (χ3n) is 4.69. The molecule has 2 N–H and O–H groups in total. The van der Waals surface area contributed by atoms with Gasteiger partial charge in [0.15, 0.2) is 5.65 Å². The summed E-state index contributed by atoms with van der Waals surface area (Å²) in [6, 6.07) is 10.5. The topological polar surface area (TPSA) is 61.1 Å². The number of hydrogen-bond acceptors (Lipinski definition) is 3. The van der Waals surface area contributed by atoms with E-state index in [1.165, 1.54) is 23.7 Å². The van der Waals surface area contributed by atoms with Gasteiger partial charge in [0.1, 0.15) is 5.82 Å². The third-order valence-corrected chi connectivity index (χ3v) is 4.69. The van der Waals surface area contributed by atoms with Crippen LogP contribution in [0.4, 0.5) is 5.82 Å². The van der Waals surface area contributed by atoms with Crippen LogP contribution in [0.3, 0.4) is 0 Å². The van der Waals surface area contributed by atoms with Crippen molar-refractivity contribution >= 4 is 22.4 Å². The molecule has 4 aromatic rings. The van der Waals surface area contributed by atoms with E-state index in [0.717, 1.165) is 29.2 Å². The normalized spacial score (nSPS) is 14.8. The number of rotatable bonds is 3. The van der Waals surface area contributed by atoms with Crippen LogP contribution in [0.5, 0.6) is 0 Å². The number of nitrogens with two attached hydrogens (primary N) is 1. The lowest BCUT2D eigenvalue weighted by Gasteiger charge is -2.08. The molecule has 3 aromatic heterocycles. The Hall–Kier alpha value is -2.82. The van der Waals surface area contributed by atoms with Gasteiger partial charge in [0.2, 0.25) is 0 Å². The van der Waals surface area contributed by atoms with Crippen LogP contribution in [-0.4, -0.2) is 19.2 Å². The van der Waals surface area contributed by atoms with E-state index in [9.17, 15) is 0 Å². The lowest BCUT2D eigenvalue weighted by molar-refractivity contribution is 0.647. The van der Waals surface area contributed by atoms with Crippen LogP contribution < -0.4 is 5.73 Å². The molecule has 0 unspecified atom stereocenters. The number of nitrogens with zero attached hydrogens (tertiary/aromatic N) is 4. The van der Waals surface area contributed by atoms with E-state index < -0.39 is 0 Å². The van der Waals surface area contributed by atoms with E-state index in [1.54, 1.807) is 10.7 Å². The highest BCUT2D eigenvalue weighted by Crippen LogP contribution is 2.33. The first kappa shape index (κ1) is 12.7. The summed E-state index contributed by atoms with van der Waals surface area (Å²) in [4.78, 5) is 4.43. The minimum absolute atomic E-state index is 0.622. The monoisotopic (exact) mass is 303 g/mol. The maximum absolute atomic E-state index is 6.27. The van der Waals surface area contributed by atoms with Gasteiger partial charge in [0.25, 0.3) is 0 Å². The number of anilines is 1. The minimum Gasteiger partial charge on any atom is -0.383 e. The fourth-order valence-corrected chi connectivity index (χ4v) is 3.22. The Morgan fingerprint density at radius 1 is 1.17 bits per heavy atom. The van der Waals surface area contributed by atoms with Crippen molar-refractivity contribution < 1.29 is 0 Å². The molecule has 1 aliphatic carbocycles. The van der Waals surface area contributed by atoms with Crippen LogP contribution in [0.2, 0.25) is 0 Å². The molecule has 5 nitrogen and oxygen atoms in total.